The summed E-state index contributed by atoms with van der Waals surface area (Å²) in [4.78, 5) is 16.7. The molecule has 0 radical (unpaired) electrons. The summed E-state index contributed by atoms with van der Waals surface area (Å²) in [6, 6.07) is 0.392. The first-order valence-electron chi connectivity index (χ1n) is 5.38. The number of H-pyrrole nitrogens is 1. The largest absolute Gasteiger partial charge is 0.503 e. The summed E-state index contributed by atoms with van der Waals surface area (Å²) in [5, 5.41) is 15.1. The fraction of sp³-hybridized carbons (Fsp3) is 0.182. The van der Waals surface area contributed by atoms with Crippen LogP contribution in [0.5, 0.6) is 5.75 Å². The van der Waals surface area contributed by atoms with E-state index in [0.717, 1.165) is 4.90 Å². The van der Waals surface area contributed by atoms with Gasteiger partial charge in [-0.05, 0) is 6.07 Å². The highest BCUT2D eigenvalue weighted by Crippen LogP contribution is 2.26. The summed E-state index contributed by atoms with van der Waals surface area (Å²) in [6.07, 6.45) is 1.22. The minimum Gasteiger partial charge on any atom is -0.503 e. The molecule has 9 heteroatoms. The minimum atomic E-state index is -1.74. The molecule has 0 unspecified atom stereocenters. The molecular weight excluding hydrogens is 277 g/mol. The third-order valence-electron chi connectivity index (χ3n) is 2.56. The molecule has 0 fully saturated rings. The van der Waals surface area contributed by atoms with Gasteiger partial charge in [0.2, 0.25) is 5.82 Å². The van der Waals surface area contributed by atoms with E-state index >= 15 is 0 Å². The van der Waals surface area contributed by atoms with Gasteiger partial charge in [0.25, 0.3) is 5.91 Å². The number of hydrogen-bond acceptors (Lipinski definition) is 4. The first-order valence-corrected chi connectivity index (χ1v) is 5.38. The number of phenols is 1. The van der Waals surface area contributed by atoms with Crippen LogP contribution >= 0.6 is 0 Å². The molecule has 0 saturated carbocycles. The second kappa shape index (κ2) is 5.19. The van der Waals surface area contributed by atoms with E-state index in [0.29, 0.717) is 11.9 Å². The predicted molar refractivity (Wildman–Crippen MR) is 60.2 cm³/mol. The van der Waals surface area contributed by atoms with E-state index < -0.39 is 34.7 Å². The zero-order valence-electron chi connectivity index (χ0n) is 10.2. The van der Waals surface area contributed by atoms with Crippen LogP contribution in [0.15, 0.2) is 12.4 Å². The molecule has 0 atom stereocenters. The van der Waals surface area contributed by atoms with E-state index in [-0.39, 0.29) is 6.54 Å². The van der Waals surface area contributed by atoms with Crippen LogP contribution in [0.2, 0.25) is 0 Å². The Labute approximate surface area is 110 Å². The van der Waals surface area contributed by atoms with Gasteiger partial charge in [-0.2, -0.15) is 9.49 Å². The molecule has 2 N–H and O–H groups in total. The SMILES string of the molecule is CN(Cc1ncn[nH]1)C(=O)c1cc(F)c(F)c(O)c1F. The van der Waals surface area contributed by atoms with Gasteiger partial charge in [-0.25, -0.2) is 13.8 Å². The minimum absolute atomic E-state index is 0.0436. The summed E-state index contributed by atoms with van der Waals surface area (Å²) in [5.41, 5.74) is -0.775. The van der Waals surface area contributed by atoms with Gasteiger partial charge in [-0.15, -0.1) is 0 Å². The first-order chi connectivity index (χ1) is 9.41. The molecule has 1 heterocycles. The Morgan fingerprint density at radius 3 is 2.70 bits per heavy atom. The molecule has 0 aliphatic heterocycles. The molecule has 6 nitrogen and oxygen atoms in total. The Morgan fingerprint density at radius 2 is 2.10 bits per heavy atom. The number of aromatic hydroxyl groups is 1. The fourth-order valence-corrected chi connectivity index (χ4v) is 1.56. The molecule has 0 aliphatic rings. The number of phenolic OH excluding ortho intramolecular Hbond substituents is 1. The van der Waals surface area contributed by atoms with Crippen molar-refractivity contribution < 1.29 is 23.1 Å². The highest BCUT2D eigenvalue weighted by atomic mass is 19.2. The van der Waals surface area contributed by atoms with E-state index in [4.69, 9.17) is 5.11 Å². The number of hydrogen-bond donors (Lipinski definition) is 2. The summed E-state index contributed by atoms with van der Waals surface area (Å²) in [7, 11) is 1.31. The van der Waals surface area contributed by atoms with Crippen LogP contribution in [-0.4, -0.2) is 38.1 Å². The lowest BCUT2D eigenvalue weighted by atomic mass is 10.1. The number of halogens is 3. The molecule has 1 aromatic carbocycles. The Morgan fingerprint density at radius 1 is 1.40 bits per heavy atom. The van der Waals surface area contributed by atoms with Gasteiger partial charge >= 0.3 is 0 Å². The standard InChI is InChI=1S/C11H9F3N4O2/c1-18(3-7-15-4-16-17-7)11(20)5-2-6(12)9(14)10(19)8(5)13/h2,4,19H,3H2,1H3,(H,15,16,17). The van der Waals surface area contributed by atoms with Crippen LogP contribution in [0.1, 0.15) is 16.2 Å². The number of benzene rings is 1. The average Bonchev–Trinajstić information content (AvgIpc) is 2.92. The maximum absolute atomic E-state index is 13.6. The highest BCUT2D eigenvalue weighted by Gasteiger charge is 2.24. The molecule has 2 rings (SSSR count). The molecule has 1 aromatic heterocycles. The number of aromatic amines is 1. The predicted octanol–water partition coefficient (Wildman–Crippen LogP) is 1.20. The molecule has 0 bridgehead atoms. The van der Waals surface area contributed by atoms with Gasteiger partial charge in [0, 0.05) is 7.05 Å². The van der Waals surface area contributed by atoms with Crippen LogP contribution in [-0.2, 0) is 6.54 Å². The van der Waals surface area contributed by atoms with Gasteiger partial charge in [0.05, 0.1) is 12.1 Å². The van der Waals surface area contributed by atoms with E-state index in [1.54, 1.807) is 0 Å². The molecule has 0 aliphatic carbocycles. The Bertz CT molecular complexity index is 646. The van der Waals surface area contributed by atoms with Crippen molar-refractivity contribution in [1.29, 1.82) is 0 Å². The number of rotatable bonds is 3. The van der Waals surface area contributed by atoms with Gasteiger partial charge in [0.1, 0.15) is 12.2 Å². The van der Waals surface area contributed by atoms with Crippen LogP contribution < -0.4 is 0 Å². The second-order valence-electron chi connectivity index (χ2n) is 3.98. The van der Waals surface area contributed by atoms with E-state index in [1.165, 1.54) is 13.4 Å². The maximum atomic E-state index is 13.6. The summed E-state index contributed by atoms with van der Waals surface area (Å²) in [6.45, 7) is -0.0436. The summed E-state index contributed by atoms with van der Waals surface area (Å²) >= 11 is 0. The van der Waals surface area contributed by atoms with E-state index in [2.05, 4.69) is 15.2 Å². The Balaban J connectivity index is 2.29. The monoisotopic (exact) mass is 286 g/mol. The lowest BCUT2D eigenvalue weighted by Gasteiger charge is -2.16. The molecule has 0 spiro atoms. The Kier molecular flexibility index (Phi) is 3.59. The van der Waals surface area contributed by atoms with Crippen LogP contribution in [0.25, 0.3) is 0 Å². The molecule has 1 amide bonds. The zero-order valence-corrected chi connectivity index (χ0v) is 10.2. The van der Waals surface area contributed by atoms with Crippen molar-refractivity contribution in [2.24, 2.45) is 0 Å². The molecule has 0 saturated heterocycles. The van der Waals surface area contributed by atoms with Crippen molar-refractivity contribution in [2.75, 3.05) is 7.05 Å². The summed E-state index contributed by atoms with van der Waals surface area (Å²) in [5.74, 6) is -6.90. The zero-order chi connectivity index (χ0) is 14.9. The number of nitrogens with zero attached hydrogens (tertiary/aromatic N) is 3. The van der Waals surface area contributed by atoms with Crippen LogP contribution in [0.3, 0.4) is 0 Å². The molecular formula is C11H9F3N4O2. The third kappa shape index (κ3) is 2.42. The third-order valence-corrected chi connectivity index (χ3v) is 2.56. The van der Waals surface area contributed by atoms with E-state index in [1.807, 2.05) is 0 Å². The highest BCUT2D eigenvalue weighted by molar-refractivity contribution is 5.94. The summed E-state index contributed by atoms with van der Waals surface area (Å²) < 4.78 is 39.6. The van der Waals surface area contributed by atoms with Gasteiger partial charge < -0.3 is 10.0 Å². The number of nitrogens with one attached hydrogen (secondary N) is 1. The number of aromatic nitrogens is 3. The average molecular weight is 286 g/mol. The first kappa shape index (κ1) is 13.8. The second-order valence-corrected chi connectivity index (χ2v) is 3.98. The number of amides is 1. The number of carbonyl (C=O) groups excluding carboxylic acids is 1. The molecule has 20 heavy (non-hydrogen) atoms. The van der Waals surface area contributed by atoms with Gasteiger partial charge in [0.15, 0.2) is 17.4 Å². The molecule has 106 valence electrons. The van der Waals surface area contributed by atoms with E-state index in [9.17, 15) is 18.0 Å². The van der Waals surface area contributed by atoms with Crippen molar-refractivity contribution >= 4 is 5.91 Å². The normalized spacial score (nSPS) is 10.6. The van der Waals surface area contributed by atoms with Crippen molar-refractivity contribution in [3.8, 4) is 5.75 Å². The maximum Gasteiger partial charge on any atom is 0.257 e. The van der Waals surface area contributed by atoms with Gasteiger partial charge in [-0.1, -0.05) is 0 Å². The van der Waals surface area contributed by atoms with Crippen molar-refractivity contribution in [3.05, 3.63) is 41.2 Å². The Hall–Kier alpha value is -2.58. The quantitative estimate of drug-likeness (QED) is 0.831. The fourth-order valence-electron chi connectivity index (χ4n) is 1.56. The van der Waals surface area contributed by atoms with Crippen LogP contribution in [0, 0.1) is 17.5 Å². The topological polar surface area (TPSA) is 82.1 Å². The lowest BCUT2D eigenvalue weighted by Crippen LogP contribution is -2.28. The molecule has 2 aromatic rings. The van der Waals surface area contributed by atoms with Crippen LogP contribution in [0.4, 0.5) is 13.2 Å². The van der Waals surface area contributed by atoms with Crippen molar-refractivity contribution in [3.63, 3.8) is 0 Å². The van der Waals surface area contributed by atoms with Gasteiger partial charge in [-0.3, -0.25) is 9.89 Å². The number of carbonyl (C=O) groups is 1. The van der Waals surface area contributed by atoms with Crippen molar-refractivity contribution in [1.82, 2.24) is 20.1 Å². The van der Waals surface area contributed by atoms with Crippen molar-refractivity contribution in [2.45, 2.75) is 6.54 Å². The lowest BCUT2D eigenvalue weighted by molar-refractivity contribution is 0.0775. The smallest absolute Gasteiger partial charge is 0.257 e.